The molecule has 3 aromatic rings. The summed E-state index contributed by atoms with van der Waals surface area (Å²) in [6.45, 7) is 0. The molecule has 0 bridgehead atoms. The molecule has 3 aromatic heterocycles. The van der Waals surface area contributed by atoms with Gasteiger partial charge < -0.3 is 5.11 Å². The largest absolute Gasteiger partial charge is 0.387 e. The Morgan fingerprint density at radius 1 is 1.47 bits per heavy atom. The van der Waals surface area contributed by atoms with Crippen LogP contribution in [0.5, 0.6) is 0 Å². The molecular weight excluding hydrogens is 276 g/mol. The lowest BCUT2D eigenvalue weighted by Crippen LogP contribution is -1.99. The van der Waals surface area contributed by atoms with E-state index >= 15 is 0 Å². The van der Waals surface area contributed by atoms with Gasteiger partial charge in [-0.2, -0.15) is 0 Å². The summed E-state index contributed by atoms with van der Waals surface area (Å²) in [5, 5.41) is 12.0. The van der Waals surface area contributed by atoms with Gasteiger partial charge in [-0.05, 0) is 12.1 Å². The fraction of sp³-hybridized carbons (Fsp3) is 0.182. The molecular formula is C11H9ClN2OS2. The van der Waals surface area contributed by atoms with Crippen molar-refractivity contribution in [3.63, 3.8) is 0 Å². The van der Waals surface area contributed by atoms with Crippen LogP contribution < -0.4 is 0 Å². The Labute approximate surface area is 111 Å². The third kappa shape index (κ3) is 2.24. The van der Waals surface area contributed by atoms with Crippen molar-refractivity contribution >= 4 is 39.2 Å². The van der Waals surface area contributed by atoms with E-state index in [9.17, 15) is 5.11 Å². The van der Waals surface area contributed by atoms with E-state index in [4.69, 9.17) is 11.6 Å². The molecule has 17 heavy (non-hydrogen) atoms. The highest BCUT2D eigenvalue weighted by molar-refractivity contribution is 7.16. The predicted octanol–water partition coefficient (Wildman–Crippen LogP) is 3.39. The summed E-state index contributed by atoms with van der Waals surface area (Å²) in [6, 6.07) is 3.66. The van der Waals surface area contributed by atoms with Crippen LogP contribution in [0.3, 0.4) is 0 Å². The van der Waals surface area contributed by atoms with Gasteiger partial charge in [0, 0.05) is 29.1 Å². The van der Waals surface area contributed by atoms with Gasteiger partial charge in [0.05, 0.1) is 16.1 Å². The molecule has 1 N–H and O–H groups in total. The van der Waals surface area contributed by atoms with E-state index in [0.29, 0.717) is 10.8 Å². The maximum atomic E-state index is 10.1. The molecule has 6 heteroatoms. The minimum atomic E-state index is -0.530. The average Bonchev–Trinajstić information content (AvgIpc) is 2.92. The molecule has 0 amide bonds. The lowest BCUT2D eigenvalue weighted by atomic mass is 10.2. The van der Waals surface area contributed by atoms with Crippen molar-refractivity contribution in [3.8, 4) is 0 Å². The summed E-state index contributed by atoms with van der Waals surface area (Å²) in [5.41, 5.74) is 0.897. The first-order valence-electron chi connectivity index (χ1n) is 5.07. The van der Waals surface area contributed by atoms with Crippen LogP contribution in [0, 0.1) is 0 Å². The molecule has 1 unspecified atom stereocenters. The number of aliphatic hydroxyl groups excluding tert-OH is 1. The van der Waals surface area contributed by atoms with E-state index in [1.165, 1.54) is 11.3 Å². The highest BCUT2D eigenvalue weighted by Gasteiger charge is 2.13. The predicted molar refractivity (Wildman–Crippen MR) is 71.1 cm³/mol. The molecule has 0 aliphatic rings. The molecule has 0 saturated carbocycles. The Morgan fingerprint density at radius 2 is 2.35 bits per heavy atom. The first-order valence-corrected chi connectivity index (χ1v) is 7.14. The van der Waals surface area contributed by atoms with Crippen molar-refractivity contribution in [1.82, 2.24) is 9.38 Å². The third-order valence-electron chi connectivity index (χ3n) is 2.47. The Morgan fingerprint density at radius 3 is 3.06 bits per heavy atom. The molecule has 0 saturated heterocycles. The van der Waals surface area contributed by atoms with Crippen LogP contribution in [0.1, 0.15) is 16.7 Å². The number of nitrogens with zero attached hydrogens (tertiary/aromatic N) is 2. The van der Waals surface area contributed by atoms with E-state index in [1.807, 2.05) is 28.2 Å². The van der Waals surface area contributed by atoms with Crippen LogP contribution >= 0.6 is 34.3 Å². The van der Waals surface area contributed by atoms with E-state index in [0.717, 1.165) is 15.5 Å². The van der Waals surface area contributed by atoms with Gasteiger partial charge >= 0.3 is 0 Å². The van der Waals surface area contributed by atoms with Crippen molar-refractivity contribution in [2.45, 2.75) is 12.5 Å². The molecule has 88 valence electrons. The van der Waals surface area contributed by atoms with Gasteiger partial charge in [0.1, 0.15) is 0 Å². The molecule has 1 atom stereocenters. The fourth-order valence-corrected chi connectivity index (χ4v) is 3.45. The fourth-order valence-electron chi connectivity index (χ4n) is 1.68. The number of hydrogen-bond acceptors (Lipinski definition) is 4. The second kappa shape index (κ2) is 4.42. The number of aliphatic hydroxyl groups is 1. The standard InChI is InChI=1S/C11H9ClN2OS2/c12-10-2-1-9(17-10)8(15)5-7-6-14-3-4-16-11(14)13-7/h1-4,6,8,15H,5H2. The second-order valence-electron chi connectivity index (χ2n) is 3.69. The summed E-state index contributed by atoms with van der Waals surface area (Å²) >= 11 is 8.84. The summed E-state index contributed by atoms with van der Waals surface area (Å²) in [7, 11) is 0. The van der Waals surface area contributed by atoms with E-state index in [2.05, 4.69) is 4.98 Å². The molecule has 3 rings (SSSR count). The number of imidazole rings is 1. The van der Waals surface area contributed by atoms with Crippen LogP contribution in [-0.2, 0) is 6.42 Å². The lowest BCUT2D eigenvalue weighted by molar-refractivity contribution is 0.181. The highest BCUT2D eigenvalue weighted by atomic mass is 35.5. The zero-order valence-electron chi connectivity index (χ0n) is 8.71. The quantitative estimate of drug-likeness (QED) is 0.800. The Hall–Kier alpha value is -0.880. The van der Waals surface area contributed by atoms with Gasteiger partial charge in [0.2, 0.25) is 0 Å². The highest BCUT2D eigenvalue weighted by Crippen LogP contribution is 2.28. The smallest absolute Gasteiger partial charge is 0.193 e. The van der Waals surface area contributed by atoms with Gasteiger partial charge in [0.25, 0.3) is 0 Å². The first-order chi connectivity index (χ1) is 8.22. The normalized spacial score (nSPS) is 13.3. The number of rotatable bonds is 3. The molecule has 0 aliphatic carbocycles. The second-order valence-corrected chi connectivity index (χ2v) is 6.31. The Kier molecular flexibility index (Phi) is 2.92. The van der Waals surface area contributed by atoms with Gasteiger partial charge in [-0.25, -0.2) is 4.98 Å². The van der Waals surface area contributed by atoms with Gasteiger partial charge in [-0.3, -0.25) is 4.40 Å². The van der Waals surface area contributed by atoms with Crippen LogP contribution in [0.4, 0.5) is 0 Å². The van der Waals surface area contributed by atoms with E-state index < -0.39 is 6.10 Å². The number of fused-ring (bicyclic) bond motifs is 1. The SMILES string of the molecule is OC(Cc1cn2ccsc2n1)c1ccc(Cl)s1. The van der Waals surface area contributed by atoms with Crippen LogP contribution in [0.15, 0.2) is 29.9 Å². The van der Waals surface area contributed by atoms with Crippen LogP contribution in [-0.4, -0.2) is 14.5 Å². The zero-order valence-corrected chi connectivity index (χ0v) is 11.1. The molecule has 0 aromatic carbocycles. The molecule has 3 nitrogen and oxygen atoms in total. The monoisotopic (exact) mass is 284 g/mol. The zero-order chi connectivity index (χ0) is 11.8. The van der Waals surface area contributed by atoms with Crippen LogP contribution in [0.25, 0.3) is 4.96 Å². The average molecular weight is 285 g/mol. The van der Waals surface area contributed by atoms with Crippen molar-refractivity contribution in [1.29, 1.82) is 0 Å². The molecule has 0 aliphatic heterocycles. The lowest BCUT2D eigenvalue weighted by Gasteiger charge is -2.05. The first kappa shape index (κ1) is 11.2. The van der Waals surface area contributed by atoms with Gasteiger partial charge in [-0.1, -0.05) is 11.6 Å². The molecule has 0 radical (unpaired) electrons. The maximum Gasteiger partial charge on any atom is 0.193 e. The molecule has 0 fully saturated rings. The summed E-state index contributed by atoms with van der Waals surface area (Å²) in [4.78, 5) is 6.27. The number of thiazole rings is 1. The van der Waals surface area contributed by atoms with E-state index in [1.54, 1.807) is 17.4 Å². The van der Waals surface area contributed by atoms with Crippen LogP contribution in [0.2, 0.25) is 4.34 Å². The number of thiophene rings is 1. The topological polar surface area (TPSA) is 37.5 Å². The van der Waals surface area contributed by atoms with Crippen molar-refractivity contribution in [2.75, 3.05) is 0 Å². The van der Waals surface area contributed by atoms with Crippen molar-refractivity contribution in [3.05, 3.63) is 44.8 Å². The minimum Gasteiger partial charge on any atom is -0.387 e. The number of hydrogen-bond donors (Lipinski definition) is 1. The number of halogens is 1. The van der Waals surface area contributed by atoms with Crippen molar-refractivity contribution in [2.24, 2.45) is 0 Å². The summed E-state index contributed by atoms with van der Waals surface area (Å²) in [5.74, 6) is 0. The minimum absolute atomic E-state index is 0.519. The van der Waals surface area contributed by atoms with E-state index in [-0.39, 0.29) is 0 Å². The Balaban J connectivity index is 1.80. The molecule has 0 spiro atoms. The Bertz CT molecular complexity index is 614. The summed E-state index contributed by atoms with van der Waals surface area (Å²) < 4.78 is 2.67. The summed E-state index contributed by atoms with van der Waals surface area (Å²) in [6.07, 6.45) is 3.90. The molecule has 3 heterocycles. The maximum absolute atomic E-state index is 10.1. The van der Waals surface area contributed by atoms with Gasteiger partial charge in [-0.15, -0.1) is 22.7 Å². The van der Waals surface area contributed by atoms with Crippen molar-refractivity contribution < 1.29 is 5.11 Å². The number of aromatic nitrogens is 2. The third-order valence-corrected chi connectivity index (χ3v) is 4.57. The van der Waals surface area contributed by atoms with Gasteiger partial charge in [0.15, 0.2) is 4.96 Å².